The Labute approximate surface area is 128 Å². The zero-order chi connectivity index (χ0) is 15.5. The molecule has 0 fully saturated rings. The van der Waals surface area contributed by atoms with Crippen molar-refractivity contribution in [1.82, 2.24) is 0 Å². The van der Waals surface area contributed by atoms with Gasteiger partial charge in [0.05, 0.1) is 5.56 Å². The second-order valence-corrected chi connectivity index (χ2v) is 6.56. The van der Waals surface area contributed by atoms with E-state index in [1.807, 2.05) is 0 Å². The van der Waals surface area contributed by atoms with Gasteiger partial charge in [0.1, 0.15) is 0 Å². The highest BCUT2D eigenvalue weighted by atomic mass is 32.1. The summed E-state index contributed by atoms with van der Waals surface area (Å²) in [6.45, 7) is 4.28. The number of thiophene rings is 1. The lowest BCUT2D eigenvalue weighted by molar-refractivity contribution is -0.137. The van der Waals surface area contributed by atoms with Crippen molar-refractivity contribution in [2.75, 3.05) is 0 Å². The third-order valence-corrected chi connectivity index (χ3v) is 5.00. The molecule has 0 bridgehead atoms. The van der Waals surface area contributed by atoms with Crippen molar-refractivity contribution in [1.29, 1.82) is 0 Å². The van der Waals surface area contributed by atoms with Crippen LogP contribution in [0.4, 0.5) is 13.2 Å². The molecule has 0 spiro atoms. The maximum Gasteiger partial charge on any atom is 0.416 e. The summed E-state index contributed by atoms with van der Waals surface area (Å²) in [4.78, 5) is 1.28. The molecule has 0 atom stereocenters. The first kappa shape index (κ1) is 16.3. The number of halogens is 3. The first-order valence-electron chi connectivity index (χ1n) is 7.58. The van der Waals surface area contributed by atoms with Crippen LogP contribution in [-0.4, -0.2) is 0 Å². The number of fused-ring (bicyclic) bond motifs is 1. The Morgan fingerprint density at radius 1 is 1.00 bits per heavy atom. The molecule has 0 radical (unpaired) electrons. The molecule has 0 amide bonds. The van der Waals surface area contributed by atoms with Crippen LogP contribution in [0, 0.1) is 0 Å². The van der Waals surface area contributed by atoms with Gasteiger partial charge in [-0.2, -0.15) is 13.2 Å². The highest BCUT2D eigenvalue weighted by Gasteiger charge is 2.30. The Bertz CT molecular complexity index is 596. The molecule has 0 saturated heterocycles. The van der Waals surface area contributed by atoms with Crippen LogP contribution in [0.5, 0.6) is 0 Å². The van der Waals surface area contributed by atoms with Gasteiger partial charge in [0.25, 0.3) is 0 Å². The lowest BCUT2D eigenvalue weighted by atomic mass is 10.0. The monoisotopic (exact) mass is 314 g/mol. The van der Waals surface area contributed by atoms with Crippen molar-refractivity contribution in [2.24, 2.45) is 0 Å². The normalized spacial score (nSPS) is 12.2. The molecular weight excluding hydrogens is 293 g/mol. The van der Waals surface area contributed by atoms with Gasteiger partial charge >= 0.3 is 6.18 Å². The van der Waals surface area contributed by atoms with Crippen LogP contribution in [0.25, 0.3) is 10.1 Å². The van der Waals surface area contributed by atoms with Gasteiger partial charge in [-0.3, -0.25) is 0 Å². The molecule has 1 aromatic carbocycles. The molecule has 0 nitrogen and oxygen atoms in total. The predicted molar refractivity (Wildman–Crippen MR) is 84.1 cm³/mol. The molecule has 4 heteroatoms. The topological polar surface area (TPSA) is 0 Å². The van der Waals surface area contributed by atoms with Gasteiger partial charge in [0, 0.05) is 9.58 Å². The Hall–Kier alpha value is -1.03. The fourth-order valence-corrected chi connectivity index (χ4v) is 3.88. The van der Waals surface area contributed by atoms with Gasteiger partial charge in [0.2, 0.25) is 0 Å². The van der Waals surface area contributed by atoms with E-state index in [0.717, 1.165) is 48.6 Å². The fraction of sp³-hybridized carbons (Fsp3) is 0.529. The molecule has 0 saturated carbocycles. The van der Waals surface area contributed by atoms with E-state index in [9.17, 15) is 13.2 Å². The third kappa shape index (κ3) is 3.79. The summed E-state index contributed by atoms with van der Waals surface area (Å²) >= 11 is 1.54. The summed E-state index contributed by atoms with van der Waals surface area (Å²) in [7, 11) is 0. The van der Waals surface area contributed by atoms with Gasteiger partial charge < -0.3 is 0 Å². The molecule has 0 aliphatic carbocycles. The molecule has 0 aliphatic rings. The second kappa shape index (κ2) is 6.82. The van der Waals surface area contributed by atoms with Crippen LogP contribution >= 0.6 is 11.3 Å². The summed E-state index contributed by atoms with van der Waals surface area (Å²) in [6.07, 6.45) is 2.09. The van der Waals surface area contributed by atoms with Gasteiger partial charge in [-0.25, -0.2) is 0 Å². The van der Waals surface area contributed by atoms with Gasteiger partial charge in [-0.15, -0.1) is 11.3 Å². The number of unbranched alkanes of at least 4 members (excludes halogenated alkanes) is 2. The van der Waals surface area contributed by atoms with E-state index in [0.29, 0.717) is 0 Å². The summed E-state index contributed by atoms with van der Waals surface area (Å²) in [5, 5.41) is 1.02. The van der Waals surface area contributed by atoms with Crippen LogP contribution in [0.3, 0.4) is 0 Å². The van der Waals surface area contributed by atoms with Crippen molar-refractivity contribution >= 4 is 21.4 Å². The molecule has 2 aromatic rings. The van der Waals surface area contributed by atoms with E-state index in [2.05, 4.69) is 13.8 Å². The minimum atomic E-state index is -4.26. The zero-order valence-electron chi connectivity index (χ0n) is 12.5. The minimum absolute atomic E-state index is 0.541. The molecule has 2 rings (SSSR count). The molecule has 1 heterocycles. The third-order valence-electron chi connectivity index (χ3n) is 3.74. The maximum atomic E-state index is 12.8. The van der Waals surface area contributed by atoms with Crippen LogP contribution in [0.2, 0.25) is 0 Å². The Morgan fingerprint density at radius 2 is 1.67 bits per heavy atom. The van der Waals surface area contributed by atoms with Crippen LogP contribution in [0.15, 0.2) is 18.2 Å². The zero-order valence-corrected chi connectivity index (χ0v) is 13.3. The Morgan fingerprint density at radius 3 is 2.29 bits per heavy atom. The second-order valence-electron chi connectivity index (χ2n) is 5.42. The van der Waals surface area contributed by atoms with Crippen molar-refractivity contribution in [2.45, 2.75) is 58.5 Å². The largest absolute Gasteiger partial charge is 0.416 e. The summed E-state index contributed by atoms with van der Waals surface area (Å²) in [5.41, 5.74) is 0.736. The average molecular weight is 314 g/mol. The van der Waals surface area contributed by atoms with Gasteiger partial charge in [-0.1, -0.05) is 32.8 Å². The van der Waals surface area contributed by atoms with Crippen molar-refractivity contribution in [3.05, 3.63) is 34.2 Å². The quantitative estimate of drug-likeness (QED) is 0.563. The standard InChI is InChI=1S/C17H21F3S/c1-3-5-7-13-14-10-9-12(17(18,19)20)11-16(14)21-15(13)8-6-4-2/h9-11H,3-8H2,1-2H3. The smallest absolute Gasteiger partial charge is 0.166 e. The lowest BCUT2D eigenvalue weighted by Crippen LogP contribution is -2.03. The molecule has 116 valence electrons. The van der Waals surface area contributed by atoms with Crippen molar-refractivity contribution < 1.29 is 13.2 Å². The first-order chi connectivity index (χ1) is 9.97. The number of rotatable bonds is 6. The van der Waals surface area contributed by atoms with E-state index in [-0.39, 0.29) is 0 Å². The Kier molecular flexibility index (Phi) is 5.31. The molecular formula is C17H21F3S. The van der Waals surface area contributed by atoms with Crippen LogP contribution in [-0.2, 0) is 19.0 Å². The van der Waals surface area contributed by atoms with Crippen LogP contribution < -0.4 is 0 Å². The fourth-order valence-electron chi connectivity index (χ4n) is 2.54. The number of alkyl halides is 3. The summed E-state index contributed by atoms with van der Waals surface area (Å²) < 4.78 is 39.3. The predicted octanol–water partition coefficient (Wildman–Crippen LogP) is 6.61. The number of aryl methyl sites for hydroxylation is 2. The SMILES string of the molecule is CCCCc1sc2cc(C(F)(F)F)ccc2c1CCCC. The summed E-state index contributed by atoms with van der Waals surface area (Å²) in [5.74, 6) is 0. The number of benzene rings is 1. The van der Waals surface area contributed by atoms with E-state index >= 15 is 0 Å². The number of hydrogen-bond acceptors (Lipinski definition) is 1. The molecule has 1 aromatic heterocycles. The lowest BCUT2D eigenvalue weighted by Gasteiger charge is -2.06. The van der Waals surface area contributed by atoms with E-state index < -0.39 is 11.7 Å². The van der Waals surface area contributed by atoms with Crippen molar-refractivity contribution in [3.63, 3.8) is 0 Å². The van der Waals surface area contributed by atoms with Crippen molar-refractivity contribution in [3.8, 4) is 0 Å². The van der Waals surface area contributed by atoms with Gasteiger partial charge in [-0.05, 0) is 48.8 Å². The highest BCUT2D eigenvalue weighted by Crippen LogP contribution is 2.38. The van der Waals surface area contributed by atoms with Crippen LogP contribution in [0.1, 0.15) is 55.5 Å². The molecule has 0 unspecified atom stereocenters. The first-order valence-corrected chi connectivity index (χ1v) is 8.40. The summed E-state index contributed by atoms with van der Waals surface area (Å²) in [6, 6.07) is 4.19. The minimum Gasteiger partial charge on any atom is -0.166 e. The number of hydrogen-bond donors (Lipinski definition) is 0. The van der Waals surface area contributed by atoms with E-state index in [1.165, 1.54) is 22.6 Å². The van der Waals surface area contributed by atoms with E-state index in [4.69, 9.17) is 0 Å². The molecule has 21 heavy (non-hydrogen) atoms. The molecule has 0 aliphatic heterocycles. The molecule has 0 N–H and O–H groups in total. The van der Waals surface area contributed by atoms with E-state index in [1.54, 1.807) is 17.4 Å². The maximum absolute atomic E-state index is 12.8. The average Bonchev–Trinajstić information content (AvgIpc) is 2.78. The Balaban J connectivity index is 2.45. The highest BCUT2D eigenvalue weighted by molar-refractivity contribution is 7.19. The van der Waals surface area contributed by atoms with Gasteiger partial charge in [0.15, 0.2) is 0 Å².